The maximum Gasteiger partial charge on any atom is 0.338 e. The number of aromatic nitrogens is 4. The SMILES string of the molecule is O=C(O)c1cnn(Cc2ccn(C(F)F)n2)c1. The number of carbonyl (C=O) groups is 1. The summed E-state index contributed by atoms with van der Waals surface area (Å²) in [5.41, 5.74) is 0.420. The van der Waals surface area contributed by atoms with Crippen LogP contribution in [-0.2, 0) is 6.54 Å². The third-order valence-electron chi connectivity index (χ3n) is 2.07. The molecule has 8 heteroatoms. The van der Waals surface area contributed by atoms with Gasteiger partial charge in [-0.1, -0.05) is 0 Å². The lowest BCUT2D eigenvalue weighted by Crippen LogP contribution is -2.04. The van der Waals surface area contributed by atoms with Gasteiger partial charge in [-0.05, 0) is 6.07 Å². The average Bonchev–Trinajstić information content (AvgIpc) is 2.87. The van der Waals surface area contributed by atoms with Crippen molar-refractivity contribution < 1.29 is 18.7 Å². The van der Waals surface area contributed by atoms with E-state index in [1.165, 1.54) is 23.1 Å². The minimum atomic E-state index is -2.68. The second-order valence-corrected chi connectivity index (χ2v) is 3.30. The number of nitrogens with zero attached hydrogens (tertiary/aromatic N) is 4. The van der Waals surface area contributed by atoms with Crippen LogP contribution in [-0.4, -0.2) is 30.6 Å². The quantitative estimate of drug-likeness (QED) is 0.874. The molecule has 2 aromatic heterocycles. The van der Waals surface area contributed by atoms with Crippen LogP contribution in [0.25, 0.3) is 0 Å². The number of hydrogen-bond acceptors (Lipinski definition) is 3. The smallest absolute Gasteiger partial charge is 0.338 e. The molecule has 17 heavy (non-hydrogen) atoms. The molecule has 0 aliphatic rings. The summed E-state index contributed by atoms with van der Waals surface area (Å²) < 4.78 is 26.3. The van der Waals surface area contributed by atoms with Crippen LogP contribution >= 0.6 is 0 Å². The molecule has 6 nitrogen and oxygen atoms in total. The fourth-order valence-corrected chi connectivity index (χ4v) is 1.30. The maximum atomic E-state index is 12.2. The van der Waals surface area contributed by atoms with Gasteiger partial charge in [0.2, 0.25) is 0 Å². The van der Waals surface area contributed by atoms with E-state index in [4.69, 9.17) is 5.11 Å². The fourth-order valence-electron chi connectivity index (χ4n) is 1.30. The van der Waals surface area contributed by atoms with Gasteiger partial charge in [0.05, 0.1) is 24.0 Å². The standard InChI is InChI=1S/C9H8F2N4O2/c10-9(11)15-2-1-7(13-15)5-14-4-6(3-12-14)8(16)17/h1-4,9H,5H2,(H,16,17). The minimum absolute atomic E-state index is 0.0401. The van der Waals surface area contributed by atoms with Crippen molar-refractivity contribution in [3.63, 3.8) is 0 Å². The molecule has 0 bridgehead atoms. The van der Waals surface area contributed by atoms with Gasteiger partial charge in [0.1, 0.15) is 0 Å². The van der Waals surface area contributed by atoms with Gasteiger partial charge >= 0.3 is 12.5 Å². The van der Waals surface area contributed by atoms with Crippen molar-refractivity contribution in [2.45, 2.75) is 13.1 Å². The predicted octanol–water partition coefficient (Wildman–Crippen LogP) is 1.22. The van der Waals surface area contributed by atoms with Crippen molar-refractivity contribution in [2.75, 3.05) is 0 Å². The molecule has 0 aromatic carbocycles. The molecule has 1 N–H and O–H groups in total. The second kappa shape index (κ2) is 4.32. The third-order valence-corrected chi connectivity index (χ3v) is 2.07. The molecular weight excluding hydrogens is 234 g/mol. The second-order valence-electron chi connectivity index (χ2n) is 3.30. The highest BCUT2D eigenvalue weighted by Gasteiger charge is 2.09. The van der Waals surface area contributed by atoms with Gasteiger partial charge < -0.3 is 5.11 Å². The maximum absolute atomic E-state index is 12.2. The van der Waals surface area contributed by atoms with E-state index in [9.17, 15) is 13.6 Å². The summed E-state index contributed by atoms with van der Waals surface area (Å²) in [7, 11) is 0. The normalized spacial score (nSPS) is 11.0. The zero-order valence-electron chi connectivity index (χ0n) is 8.49. The van der Waals surface area contributed by atoms with Gasteiger partial charge in [0, 0.05) is 12.4 Å². The van der Waals surface area contributed by atoms with Gasteiger partial charge in [0.25, 0.3) is 0 Å². The van der Waals surface area contributed by atoms with Crippen LogP contribution in [0.1, 0.15) is 22.6 Å². The summed E-state index contributed by atoms with van der Waals surface area (Å²) in [6.45, 7) is -2.54. The third kappa shape index (κ3) is 2.47. The average molecular weight is 242 g/mol. The predicted molar refractivity (Wildman–Crippen MR) is 51.8 cm³/mol. The molecule has 0 fully saturated rings. The van der Waals surface area contributed by atoms with Gasteiger partial charge in [-0.25, -0.2) is 9.48 Å². The number of aromatic carboxylic acids is 1. The van der Waals surface area contributed by atoms with E-state index in [0.29, 0.717) is 10.4 Å². The van der Waals surface area contributed by atoms with Crippen molar-refractivity contribution in [1.29, 1.82) is 0 Å². The number of halogens is 2. The highest BCUT2D eigenvalue weighted by Crippen LogP contribution is 2.09. The van der Waals surface area contributed by atoms with Crippen LogP contribution in [0.4, 0.5) is 8.78 Å². The van der Waals surface area contributed by atoms with E-state index in [2.05, 4.69) is 10.2 Å². The molecule has 0 saturated heterocycles. The lowest BCUT2D eigenvalue weighted by Gasteiger charge is -1.98. The number of rotatable bonds is 4. The lowest BCUT2D eigenvalue weighted by atomic mass is 10.4. The zero-order chi connectivity index (χ0) is 12.4. The van der Waals surface area contributed by atoms with Gasteiger partial charge in [-0.15, -0.1) is 0 Å². The number of hydrogen-bond donors (Lipinski definition) is 1. The number of carboxylic acids is 1. The Morgan fingerprint density at radius 3 is 2.82 bits per heavy atom. The van der Waals surface area contributed by atoms with E-state index < -0.39 is 12.5 Å². The molecule has 0 spiro atoms. The highest BCUT2D eigenvalue weighted by molar-refractivity contribution is 5.86. The number of carboxylic acid groups (broad SMARTS) is 1. The van der Waals surface area contributed by atoms with Crippen LogP contribution in [0, 0.1) is 0 Å². The first kappa shape index (κ1) is 11.2. The highest BCUT2D eigenvalue weighted by atomic mass is 19.3. The fraction of sp³-hybridized carbons (Fsp3) is 0.222. The van der Waals surface area contributed by atoms with Crippen molar-refractivity contribution in [3.05, 3.63) is 35.9 Å². The van der Waals surface area contributed by atoms with E-state index in [1.54, 1.807) is 0 Å². The molecule has 0 saturated carbocycles. The minimum Gasteiger partial charge on any atom is -0.478 e. The Hall–Kier alpha value is -2.25. The molecule has 0 aliphatic carbocycles. The molecule has 2 heterocycles. The Labute approximate surface area is 94.1 Å². The van der Waals surface area contributed by atoms with Crippen LogP contribution in [0.15, 0.2) is 24.7 Å². The lowest BCUT2D eigenvalue weighted by molar-refractivity contribution is 0.0561. The molecule has 90 valence electrons. The Bertz CT molecular complexity index is 535. The largest absolute Gasteiger partial charge is 0.478 e. The van der Waals surface area contributed by atoms with Crippen LogP contribution in [0.3, 0.4) is 0 Å². The summed E-state index contributed by atoms with van der Waals surface area (Å²) >= 11 is 0. The molecule has 0 atom stereocenters. The van der Waals surface area contributed by atoms with Crippen molar-refractivity contribution in [1.82, 2.24) is 19.6 Å². The molecular formula is C9H8F2N4O2. The molecule has 0 amide bonds. The molecule has 2 rings (SSSR count). The molecule has 2 aromatic rings. The molecule has 0 radical (unpaired) electrons. The van der Waals surface area contributed by atoms with E-state index in [1.807, 2.05) is 0 Å². The van der Waals surface area contributed by atoms with E-state index in [-0.39, 0.29) is 12.1 Å². The first-order valence-corrected chi connectivity index (χ1v) is 4.64. The topological polar surface area (TPSA) is 72.9 Å². The van der Waals surface area contributed by atoms with Gasteiger partial charge in [-0.2, -0.15) is 19.0 Å². The van der Waals surface area contributed by atoms with Gasteiger partial charge in [0.15, 0.2) is 0 Å². The monoisotopic (exact) mass is 242 g/mol. The van der Waals surface area contributed by atoms with E-state index >= 15 is 0 Å². The Morgan fingerprint density at radius 2 is 2.29 bits per heavy atom. The summed E-state index contributed by atoms with van der Waals surface area (Å²) in [5.74, 6) is -1.09. The van der Waals surface area contributed by atoms with Crippen molar-refractivity contribution in [3.8, 4) is 0 Å². The summed E-state index contributed by atoms with van der Waals surface area (Å²) in [5, 5.41) is 16.1. The van der Waals surface area contributed by atoms with E-state index in [0.717, 1.165) is 6.20 Å². The molecule has 0 aliphatic heterocycles. The Kier molecular flexibility index (Phi) is 2.86. The summed E-state index contributed by atoms with van der Waals surface area (Å²) in [6.07, 6.45) is 3.65. The van der Waals surface area contributed by atoms with Crippen molar-refractivity contribution >= 4 is 5.97 Å². The van der Waals surface area contributed by atoms with Crippen LogP contribution in [0.2, 0.25) is 0 Å². The van der Waals surface area contributed by atoms with Crippen LogP contribution < -0.4 is 0 Å². The Morgan fingerprint density at radius 1 is 1.53 bits per heavy atom. The summed E-state index contributed by atoms with van der Waals surface area (Å²) in [4.78, 5) is 10.6. The summed E-state index contributed by atoms with van der Waals surface area (Å²) in [6, 6.07) is 1.42. The van der Waals surface area contributed by atoms with Crippen LogP contribution in [0.5, 0.6) is 0 Å². The number of alkyl halides is 2. The zero-order valence-corrected chi connectivity index (χ0v) is 8.49. The molecule has 0 unspecified atom stereocenters. The first-order valence-electron chi connectivity index (χ1n) is 4.64. The van der Waals surface area contributed by atoms with Gasteiger partial charge in [-0.3, -0.25) is 4.68 Å². The van der Waals surface area contributed by atoms with Crippen molar-refractivity contribution in [2.24, 2.45) is 0 Å². The first-order chi connectivity index (χ1) is 8.06. The Balaban J connectivity index is 2.11.